The highest BCUT2D eigenvalue weighted by atomic mass is 15.0. The fourth-order valence-electron chi connectivity index (χ4n) is 1.51. The molecule has 0 amide bonds. The number of hydrogen-bond acceptors (Lipinski definition) is 2. The van der Waals surface area contributed by atoms with Gasteiger partial charge < -0.3 is 0 Å². The van der Waals surface area contributed by atoms with E-state index in [2.05, 4.69) is 38.7 Å². The molecule has 1 N–H and O–H groups in total. The Balaban J connectivity index is 4.37. The van der Waals surface area contributed by atoms with Gasteiger partial charge in [0.2, 0.25) is 0 Å². The van der Waals surface area contributed by atoms with Crippen molar-refractivity contribution in [2.24, 2.45) is 5.92 Å². The molecule has 2 heteroatoms. The molecule has 14 heavy (non-hydrogen) atoms. The lowest BCUT2D eigenvalue weighted by Gasteiger charge is -2.28. The number of nitriles is 1. The predicted octanol–water partition coefficient (Wildman–Crippen LogP) is 2.87. The second-order valence-corrected chi connectivity index (χ2v) is 3.93. The lowest BCUT2D eigenvalue weighted by molar-refractivity contribution is 0.323. The molecule has 0 rings (SSSR count). The minimum absolute atomic E-state index is 0.358. The van der Waals surface area contributed by atoms with Crippen LogP contribution in [0.3, 0.4) is 0 Å². The average molecular weight is 194 g/mol. The maximum Gasteiger partial charge on any atom is 0.107 e. The van der Waals surface area contributed by atoms with Crippen LogP contribution in [0, 0.1) is 17.2 Å². The van der Waals surface area contributed by atoms with Crippen molar-refractivity contribution in [2.45, 2.75) is 45.6 Å². The smallest absolute Gasteiger partial charge is 0.107 e. The Labute approximate surface area is 88.0 Å². The first kappa shape index (κ1) is 13.2. The second-order valence-electron chi connectivity index (χ2n) is 3.93. The van der Waals surface area contributed by atoms with Crippen molar-refractivity contribution in [3.63, 3.8) is 0 Å². The highest BCUT2D eigenvalue weighted by Gasteiger charge is 2.28. The Morgan fingerprint density at radius 2 is 2.21 bits per heavy atom. The van der Waals surface area contributed by atoms with Crippen LogP contribution in [0.2, 0.25) is 0 Å². The quantitative estimate of drug-likeness (QED) is 0.633. The fraction of sp³-hybridized carbons (Fsp3) is 0.750. The standard InChI is InChI=1S/C12H22N2/c1-5-8-14-12(7-3,10-13)9-11(4)6-2/h5,11,14H,1,6-9H2,2-4H3. The molecule has 0 aliphatic carbocycles. The van der Waals surface area contributed by atoms with Gasteiger partial charge in [0, 0.05) is 6.54 Å². The van der Waals surface area contributed by atoms with Crippen molar-refractivity contribution in [2.75, 3.05) is 6.54 Å². The first-order valence-corrected chi connectivity index (χ1v) is 5.41. The lowest BCUT2D eigenvalue weighted by Crippen LogP contribution is -2.44. The van der Waals surface area contributed by atoms with Gasteiger partial charge in [-0.25, -0.2) is 0 Å². The Morgan fingerprint density at radius 3 is 2.57 bits per heavy atom. The Bertz CT molecular complexity index is 205. The molecule has 80 valence electrons. The normalized spacial score (nSPS) is 16.7. The van der Waals surface area contributed by atoms with Crippen molar-refractivity contribution in [1.29, 1.82) is 5.26 Å². The summed E-state index contributed by atoms with van der Waals surface area (Å²) in [6, 6.07) is 2.41. The second kappa shape index (κ2) is 6.62. The number of hydrogen-bond donors (Lipinski definition) is 1. The van der Waals surface area contributed by atoms with Crippen LogP contribution in [0.5, 0.6) is 0 Å². The summed E-state index contributed by atoms with van der Waals surface area (Å²) in [5, 5.41) is 12.5. The molecule has 0 bridgehead atoms. The first-order valence-electron chi connectivity index (χ1n) is 5.41. The van der Waals surface area contributed by atoms with Crippen molar-refractivity contribution in [1.82, 2.24) is 5.32 Å². The zero-order chi connectivity index (χ0) is 11.0. The van der Waals surface area contributed by atoms with Crippen molar-refractivity contribution in [3.8, 4) is 6.07 Å². The van der Waals surface area contributed by atoms with E-state index in [4.69, 9.17) is 0 Å². The lowest BCUT2D eigenvalue weighted by atomic mass is 9.86. The Kier molecular flexibility index (Phi) is 6.23. The third-order valence-corrected chi connectivity index (χ3v) is 2.80. The zero-order valence-electron chi connectivity index (χ0n) is 9.64. The summed E-state index contributed by atoms with van der Waals surface area (Å²) in [5.41, 5.74) is -0.358. The highest BCUT2D eigenvalue weighted by molar-refractivity contribution is 5.07. The molecule has 0 aromatic rings. The van der Waals surface area contributed by atoms with Crippen LogP contribution in [-0.4, -0.2) is 12.1 Å². The minimum Gasteiger partial charge on any atom is -0.296 e. The van der Waals surface area contributed by atoms with Gasteiger partial charge in [-0.1, -0.05) is 33.3 Å². The molecule has 0 fully saturated rings. The monoisotopic (exact) mass is 194 g/mol. The summed E-state index contributed by atoms with van der Waals surface area (Å²) in [4.78, 5) is 0. The van der Waals surface area contributed by atoms with Gasteiger partial charge in [-0.2, -0.15) is 5.26 Å². The highest BCUT2D eigenvalue weighted by Crippen LogP contribution is 2.21. The van der Waals surface area contributed by atoms with Crippen LogP contribution in [0.15, 0.2) is 12.7 Å². The summed E-state index contributed by atoms with van der Waals surface area (Å²) in [7, 11) is 0. The molecule has 0 saturated heterocycles. The molecule has 2 unspecified atom stereocenters. The largest absolute Gasteiger partial charge is 0.296 e. The van der Waals surface area contributed by atoms with E-state index in [0.29, 0.717) is 12.5 Å². The van der Waals surface area contributed by atoms with E-state index in [-0.39, 0.29) is 5.54 Å². The third-order valence-electron chi connectivity index (χ3n) is 2.80. The summed E-state index contributed by atoms with van der Waals surface area (Å²) >= 11 is 0. The summed E-state index contributed by atoms with van der Waals surface area (Å²) in [5.74, 6) is 0.590. The molecule has 2 nitrogen and oxygen atoms in total. The number of nitrogens with zero attached hydrogens (tertiary/aromatic N) is 1. The third kappa shape index (κ3) is 3.93. The molecule has 0 aliphatic heterocycles. The molecule has 0 radical (unpaired) electrons. The fourth-order valence-corrected chi connectivity index (χ4v) is 1.51. The van der Waals surface area contributed by atoms with Crippen LogP contribution < -0.4 is 5.32 Å². The molecular weight excluding hydrogens is 172 g/mol. The first-order chi connectivity index (χ1) is 6.64. The zero-order valence-corrected chi connectivity index (χ0v) is 9.64. The van der Waals surface area contributed by atoms with Crippen LogP contribution in [0.25, 0.3) is 0 Å². The molecule has 0 aromatic carbocycles. The van der Waals surface area contributed by atoms with E-state index in [1.165, 1.54) is 0 Å². The Hall–Kier alpha value is -0.810. The maximum absolute atomic E-state index is 9.20. The van der Waals surface area contributed by atoms with Crippen LogP contribution in [0.4, 0.5) is 0 Å². The molecular formula is C12H22N2. The van der Waals surface area contributed by atoms with Crippen LogP contribution in [0.1, 0.15) is 40.0 Å². The van der Waals surface area contributed by atoms with E-state index in [1.807, 2.05) is 0 Å². The van der Waals surface area contributed by atoms with Gasteiger partial charge >= 0.3 is 0 Å². The van der Waals surface area contributed by atoms with Crippen molar-refractivity contribution in [3.05, 3.63) is 12.7 Å². The van der Waals surface area contributed by atoms with E-state index in [0.717, 1.165) is 19.3 Å². The van der Waals surface area contributed by atoms with Gasteiger partial charge in [-0.15, -0.1) is 6.58 Å². The van der Waals surface area contributed by atoms with Gasteiger partial charge in [0.05, 0.1) is 6.07 Å². The van der Waals surface area contributed by atoms with Crippen LogP contribution in [-0.2, 0) is 0 Å². The number of rotatable bonds is 7. The van der Waals surface area contributed by atoms with E-state index in [1.54, 1.807) is 6.08 Å². The van der Waals surface area contributed by atoms with E-state index in [9.17, 15) is 5.26 Å². The van der Waals surface area contributed by atoms with Crippen molar-refractivity contribution < 1.29 is 0 Å². The molecule has 0 aliphatic rings. The van der Waals surface area contributed by atoms with Gasteiger partial charge in [0.1, 0.15) is 5.54 Å². The molecule has 0 saturated carbocycles. The van der Waals surface area contributed by atoms with Gasteiger partial charge in [-0.05, 0) is 18.8 Å². The molecule has 0 spiro atoms. The average Bonchev–Trinajstić information content (AvgIpc) is 2.24. The summed E-state index contributed by atoms with van der Waals surface area (Å²) < 4.78 is 0. The van der Waals surface area contributed by atoms with E-state index >= 15 is 0 Å². The maximum atomic E-state index is 9.20. The van der Waals surface area contributed by atoms with Gasteiger partial charge in [0.25, 0.3) is 0 Å². The molecule has 0 aromatic heterocycles. The summed E-state index contributed by atoms with van der Waals surface area (Å²) in [6.45, 7) is 10.8. The predicted molar refractivity (Wildman–Crippen MR) is 60.9 cm³/mol. The SMILES string of the molecule is C=CCNC(C#N)(CC)CC(C)CC. The molecule has 2 atom stereocenters. The topological polar surface area (TPSA) is 35.8 Å². The van der Waals surface area contributed by atoms with Gasteiger partial charge in [-0.3, -0.25) is 5.32 Å². The Morgan fingerprint density at radius 1 is 1.57 bits per heavy atom. The van der Waals surface area contributed by atoms with Crippen LogP contribution >= 0.6 is 0 Å². The minimum atomic E-state index is -0.358. The summed E-state index contributed by atoms with van der Waals surface area (Å²) in [6.07, 6.45) is 4.70. The number of nitrogens with one attached hydrogen (secondary N) is 1. The van der Waals surface area contributed by atoms with Crippen molar-refractivity contribution >= 4 is 0 Å². The van der Waals surface area contributed by atoms with E-state index < -0.39 is 0 Å². The molecule has 0 heterocycles. The van der Waals surface area contributed by atoms with Gasteiger partial charge in [0.15, 0.2) is 0 Å².